The molecule has 0 aliphatic rings. The Labute approximate surface area is 139 Å². The van der Waals surface area contributed by atoms with Gasteiger partial charge in [-0.25, -0.2) is 0 Å². The lowest BCUT2D eigenvalue weighted by Gasteiger charge is -2.20. The normalized spacial score (nSPS) is 12.2. The van der Waals surface area contributed by atoms with E-state index in [9.17, 15) is 0 Å². The SMILES string of the molecule is CNCC(Cc1cc(Br)ccc1OC)c1ccccc1Cl. The molecule has 2 nitrogen and oxygen atoms in total. The molecule has 2 rings (SSSR count). The van der Waals surface area contributed by atoms with Crippen LogP contribution in [0.25, 0.3) is 0 Å². The van der Waals surface area contributed by atoms with Crippen LogP contribution in [0.1, 0.15) is 17.0 Å². The third-order valence-corrected chi connectivity index (χ3v) is 4.34. The van der Waals surface area contributed by atoms with Crippen LogP contribution in [0.3, 0.4) is 0 Å². The molecule has 0 aliphatic carbocycles. The van der Waals surface area contributed by atoms with Gasteiger partial charge >= 0.3 is 0 Å². The second kappa shape index (κ2) is 7.83. The van der Waals surface area contributed by atoms with Gasteiger partial charge in [0.05, 0.1) is 7.11 Å². The molecule has 0 saturated heterocycles. The van der Waals surface area contributed by atoms with E-state index < -0.39 is 0 Å². The highest BCUT2D eigenvalue weighted by Gasteiger charge is 2.17. The highest BCUT2D eigenvalue weighted by atomic mass is 79.9. The minimum Gasteiger partial charge on any atom is -0.496 e. The summed E-state index contributed by atoms with van der Waals surface area (Å²) < 4.78 is 6.53. The van der Waals surface area contributed by atoms with E-state index in [1.165, 1.54) is 5.56 Å². The van der Waals surface area contributed by atoms with Crippen LogP contribution in [0.2, 0.25) is 5.02 Å². The van der Waals surface area contributed by atoms with Crippen LogP contribution in [0.15, 0.2) is 46.9 Å². The van der Waals surface area contributed by atoms with Gasteiger partial charge in [-0.3, -0.25) is 0 Å². The van der Waals surface area contributed by atoms with Crippen molar-refractivity contribution in [2.24, 2.45) is 0 Å². The van der Waals surface area contributed by atoms with Crippen molar-refractivity contribution in [1.29, 1.82) is 0 Å². The summed E-state index contributed by atoms with van der Waals surface area (Å²) in [5, 5.41) is 4.07. The summed E-state index contributed by atoms with van der Waals surface area (Å²) in [6.07, 6.45) is 0.868. The number of methoxy groups -OCH3 is 1. The number of benzene rings is 2. The quantitative estimate of drug-likeness (QED) is 0.801. The summed E-state index contributed by atoms with van der Waals surface area (Å²) in [4.78, 5) is 0. The minimum atomic E-state index is 0.298. The highest BCUT2D eigenvalue weighted by molar-refractivity contribution is 9.10. The van der Waals surface area contributed by atoms with Crippen molar-refractivity contribution in [1.82, 2.24) is 5.32 Å². The van der Waals surface area contributed by atoms with Crippen LogP contribution >= 0.6 is 27.5 Å². The first kappa shape index (κ1) is 16.3. The molecule has 2 aromatic carbocycles. The molecular weight excluding hydrogens is 350 g/mol. The van der Waals surface area contributed by atoms with E-state index in [0.29, 0.717) is 5.92 Å². The fourth-order valence-electron chi connectivity index (χ4n) is 2.52. The highest BCUT2D eigenvalue weighted by Crippen LogP contribution is 2.31. The molecule has 2 aromatic rings. The molecule has 1 N–H and O–H groups in total. The Bertz CT molecular complexity index is 603. The Morgan fingerprint density at radius 1 is 1.24 bits per heavy atom. The minimum absolute atomic E-state index is 0.298. The molecule has 0 bridgehead atoms. The van der Waals surface area contributed by atoms with E-state index in [0.717, 1.165) is 33.8 Å². The van der Waals surface area contributed by atoms with Crippen molar-refractivity contribution in [3.63, 3.8) is 0 Å². The molecule has 0 amide bonds. The second-order valence-corrected chi connectivity index (χ2v) is 6.26. The summed E-state index contributed by atoms with van der Waals surface area (Å²) in [7, 11) is 3.66. The predicted molar refractivity (Wildman–Crippen MR) is 92.5 cm³/mol. The molecule has 0 radical (unpaired) electrons. The largest absolute Gasteiger partial charge is 0.496 e. The first-order valence-corrected chi connectivity index (χ1v) is 8.04. The number of ether oxygens (including phenoxy) is 1. The van der Waals surface area contributed by atoms with Crippen LogP contribution < -0.4 is 10.1 Å². The van der Waals surface area contributed by atoms with Gasteiger partial charge < -0.3 is 10.1 Å². The van der Waals surface area contributed by atoms with Crippen LogP contribution in [-0.2, 0) is 6.42 Å². The fourth-order valence-corrected chi connectivity index (χ4v) is 3.22. The third-order valence-electron chi connectivity index (χ3n) is 3.50. The zero-order valence-corrected chi connectivity index (χ0v) is 14.5. The van der Waals surface area contributed by atoms with Gasteiger partial charge in [0.1, 0.15) is 5.75 Å². The molecule has 0 heterocycles. The Kier molecular flexibility index (Phi) is 6.09. The standard InChI is InChI=1S/C17H19BrClNO/c1-20-11-13(15-5-3-4-6-16(15)19)9-12-10-14(18)7-8-17(12)21-2/h3-8,10,13,20H,9,11H2,1-2H3. The number of rotatable bonds is 6. The Morgan fingerprint density at radius 3 is 2.67 bits per heavy atom. The number of halogens is 2. The summed E-state index contributed by atoms with van der Waals surface area (Å²) in [6.45, 7) is 0.861. The number of hydrogen-bond acceptors (Lipinski definition) is 2. The van der Waals surface area contributed by atoms with Gasteiger partial charge in [0, 0.05) is 22.0 Å². The molecule has 112 valence electrons. The van der Waals surface area contributed by atoms with Crippen molar-refractivity contribution in [2.45, 2.75) is 12.3 Å². The monoisotopic (exact) mass is 367 g/mol. The predicted octanol–water partition coefficient (Wildman–Crippen LogP) is 4.66. The molecule has 0 spiro atoms. The van der Waals surface area contributed by atoms with Gasteiger partial charge in [-0.2, -0.15) is 0 Å². The van der Waals surface area contributed by atoms with Gasteiger partial charge in [0.25, 0.3) is 0 Å². The Morgan fingerprint density at radius 2 is 2.00 bits per heavy atom. The smallest absolute Gasteiger partial charge is 0.122 e. The first-order valence-electron chi connectivity index (χ1n) is 6.87. The average molecular weight is 369 g/mol. The van der Waals surface area contributed by atoms with Crippen molar-refractivity contribution in [3.8, 4) is 5.75 Å². The number of nitrogens with one attached hydrogen (secondary N) is 1. The van der Waals surface area contributed by atoms with Crippen LogP contribution in [0.5, 0.6) is 5.75 Å². The topological polar surface area (TPSA) is 21.3 Å². The van der Waals surface area contributed by atoms with Gasteiger partial charge in [-0.05, 0) is 48.9 Å². The van der Waals surface area contributed by atoms with E-state index in [2.05, 4.69) is 33.4 Å². The van der Waals surface area contributed by atoms with E-state index >= 15 is 0 Å². The zero-order chi connectivity index (χ0) is 15.2. The second-order valence-electron chi connectivity index (χ2n) is 4.94. The molecule has 0 saturated carbocycles. The van der Waals surface area contributed by atoms with E-state index in [-0.39, 0.29) is 0 Å². The number of hydrogen-bond donors (Lipinski definition) is 1. The summed E-state index contributed by atoms with van der Waals surface area (Å²) in [5.74, 6) is 1.21. The lowest BCUT2D eigenvalue weighted by molar-refractivity contribution is 0.407. The summed E-state index contributed by atoms with van der Waals surface area (Å²) >= 11 is 9.89. The van der Waals surface area contributed by atoms with E-state index in [4.69, 9.17) is 16.3 Å². The number of likely N-dealkylation sites (N-methyl/N-ethyl adjacent to an activating group) is 1. The summed E-state index contributed by atoms with van der Waals surface area (Å²) in [5.41, 5.74) is 2.34. The molecule has 0 aliphatic heterocycles. The summed E-state index contributed by atoms with van der Waals surface area (Å²) in [6, 6.07) is 14.1. The molecule has 1 atom stereocenters. The molecular formula is C17H19BrClNO. The fraction of sp³-hybridized carbons (Fsp3) is 0.294. The Balaban J connectivity index is 2.33. The van der Waals surface area contributed by atoms with Crippen LogP contribution in [-0.4, -0.2) is 20.7 Å². The maximum Gasteiger partial charge on any atom is 0.122 e. The molecule has 0 aromatic heterocycles. The van der Waals surface area contributed by atoms with Crippen molar-refractivity contribution in [3.05, 3.63) is 63.1 Å². The van der Waals surface area contributed by atoms with Gasteiger partial charge in [0.15, 0.2) is 0 Å². The first-order chi connectivity index (χ1) is 10.2. The molecule has 0 fully saturated rings. The molecule has 21 heavy (non-hydrogen) atoms. The van der Waals surface area contributed by atoms with Crippen molar-refractivity contribution in [2.75, 3.05) is 20.7 Å². The van der Waals surface area contributed by atoms with Crippen LogP contribution in [0, 0.1) is 0 Å². The molecule has 1 unspecified atom stereocenters. The van der Waals surface area contributed by atoms with E-state index in [1.807, 2.05) is 37.4 Å². The lowest BCUT2D eigenvalue weighted by Crippen LogP contribution is -2.19. The van der Waals surface area contributed by atoms with E-state index in [1.54, 1.807) is 7.11 Å². The average Bonchev–Trinajstić information content (AvgIpc) is 2.48. The van der Waals surface area contributed by atoms with Crippen molar-refractivity contribution < 1.29 is 4.74 Å². The van der Waals surface area contributed by atoms with Gasteiger partial charge in [-0.1, -0.05) is 45.7 Å². The lowest BCUT2D eigenvalue weighted by atomic mass is 9.91. The van der Waals surface area contributed by atoms with Crippen molar-refractivity contribution >= 4 is 27.5 Å². The maximum absolute atomic E-state index is 6.36. The maximum atomic E-state index is 6.36. The zero-order valence-electron chi connectivity index (χ0n) is 12.2. The van der Waals surface area contributed by atoms with Gasteiger partial charge in [-0.15, -0.1) is 0 Å². The van der Waals surface area contributed by atoms with Crippen LogP contribution in [0.4, 0.5) is 0 Å². The van der Waals surface area contributed by atoms with Gasteiger partial charge in [0.2, 0.25) is 0 Å². The Hall–Kier alpha value is -1.03. The molecule has 4 heteroatoms. The third kappa shape index (κ3) is 4.22.